The third-order valence-corrected chi connectivity index (χ3v) is 4.86. The monoisotopic (exact) mass is 273 g/mol. The number of hydrogen-bond acceptors (Lipinski definition) is 4. The van der Waals surface area contributed by atoms with Gasteiger partial charge in [0.2, 0.25) is 0 Å². The van der Waals surface area contributed by atoms with Crippen LogP contribution in [-0.4, -0.2) is 23.0 Å². The molecule has 0 radical (unpaired) electrons. The molecule has 1 aliphatic heterocycles. The number of aromatic nitrogens is 1. The van der Waals surface area contributed by atoms with Gasteiger partial charge in [0.15, 0.2) is 0 Å². The predicted molar refractivity (Wildman–Crippen MR) is 79.2 cm³/mol. The fraction of sp³-hybridized carbons (Fsp3) is 0.400. The number of fused-ring (bicyclic) bond motifs is 1. The fourth-order valence-corrected chi connectivity index (χ4v) is 3.66. The molecule has 4 heteroatoms. The van der Waals surface area contributed by atoms with Gasteiger partial charge in [-0.25, -0.2) is 4.98 Å². The van der Waals surface area contributed by atoms with Crippen molar-refractivity contribution in [2.24, 2.45) is 5.73 Å². The Morgan fingerprint density at radius 2 is 2.16 bits per heavy atom. The van der Waals surface area contributed by atoms with Crippen LogP contribution in [0.25, 0.3) is 0 Å². The summed E-state index contributed by atoms with van der Waals surface area (Å²) in [5.74, 6) is 0. The van der Waals surface area contributed by atoms with Crippen LogP contribution < -0.4 is 5.73 Å². The Morgan fingerprint density at radius 3 is 2.89 bits per heavy atom. The maximum atomic E-state index is 6.33. The molecule has 1 aromatic carbocycles. The molecule has 19 heavy (non-hydrogen) atoms. The molecule has 0 aliphatic carbocycles. The molecule has 1 aromatic heterocycles. The van der Waals surface area contributed by atoms with Crippen LogP contribution in [0.5, 0.6) is 0 Å². The second kappa shape index (κ2) is 5.41. The van der Waals surface area contributed by atoms with Crippen molar-refractivity contribution in [3.8, 4) is 0 Å². The Labute approximate surface area is 118 Å². The average molecular weight is 273 g/mol. The highest BCUT2D eigenvalue weighted by Crippen LogP contribution is 2.30. The molecule has 0 saturated carbocycles. The summed E-state index contributed by atoms with van der Waals surface area (Å²) in [5, 5.41) is 1.05. The van der Waals surface area contributed by atoms with E-state index in [4.69, 9.17) is 10.7 Å². The van der Waals surface area contributed by atoms with E-state index in [1.165, 1.54) is 10.6 Å². The van der Waals surface area contributed by atoms with Gasteiger partial charge in [-0.1, -0.05) is 37.3 Å². The lowest BCUT2D eigenvalue weighted by Gasteiger charge is -2.23. The number of rotatable bonds is 3. The first-order valence-electron chi connectivity index (χ1n) is 6.79. The molecule has 2 heterocycles. The zero-order valence-electron chi connectivity index (χ0n) is 11.2. The minimum atomic E-state index is -0.0909. The first kappa shape index (κ1) is 12.8. The Morgan fingerprint density at radius 1 is 1.37 bits per heavy atom. The highest BCUT2D eigenvalue weighted by Gasteiger charge is 2.22. The lowest BCUT2D eigenvalue weighted by molar-refractivity contribution is 0.269. The SMILES string of the molecule is CCN1CCc2nc(C(N)c3ccccc3)sc2C1. The standard InChI is InChI=1S/C15H19N3S/c1-2-18-9-8-12-13(10-18)19-15(17-12)14(16)11-6-4-3-5-7-11/h3-7,14H,2,8-10,16H2,1H3. The molecular weight excluding hydrogens is 254 g/mol. The van der Waals surface area contributed by atoms with Gasteiger partial charge in [0.05, 0.1) is 11.7 Å². The topological polar surface area (TPSA) is 42.2 Å². The maximum Gasteiger partial charge on any atom is 0.114 e. The molecule has 0 spiro atoms. The zero-order valence-corrected chi connectivity index (χ0v) is 12.0. The summed E-state index contributed by atoms with van der Waals surface area (Å²) in [6.45, 7) is 5.47. The molecule has 2 N–H and O–H groups in total. The van der Waals surface area contributed by atoms with Crippen LogP contribution in [0.4, 0.5) is 0 Å². The van der Waals surface area contributed by atoms with E-state index in [9.17, 15) is 0 Å². The molecule has 3 nitrogen and oxygen atoms in total. The van der Waals surface area contributed by atoms with E-state index >= 15 is 0 Å². The lowest BCUT2D eigenvalue weighted by Crippen LogP contribution is -2.29. The van der Waals surface area contributed by atoms with E-state index in [2.05, 4.69) is 24.0 Å². The molecule has 1 atom stereocenters. The summed E-state index contributed by atoms with van der Waals surface area (Å²) in [4.78, 5) is 8.62. The van der Waals surface area contributed by atoms with Gasteiger partial charge in [-0.15, -0.1) is 11.3 Å². The summed E-state index contributed by atoms with van der Waals surface area (Å²) in [7, 11) is 0. The fourth-order valence-electron chi connectivity index (χ4n) is 2.47. The van der Waals surface area contributed by atoms with Crippen LogP contribution in [0.15, 0.2) is 30.3 Å². The van der Waals surface area contributed by atoms with E-state index in [0.29, 0.717) is 0 Å². The molecule has 100 valence electrons. The smallest absolute Gasteiger partial charge is 0.114 e. The Bertz CT molecular complexity index is 550. The van der Waals surface area contributed by atoms with Crippen LogP contribution in [0, 0.1) is 0 Å². The Balaban J connectivity index is 1.85. The number of benzene rings is 1. The first-order valence-corrected chi connectivity index (χ1v) is 7.61. The number of likely N-dealkylation sites (N-methyl/N-ethyl adjacent to an activating group) is 1. The molecular formula is C15H19N3S. The van der Waals surface area contributed by atoms with E-state index in [-0.39, 0.29) is 6.04 Å². The van der Waals surface area contributed by atoms with Gasteiger partial charge in [-0.3, -0.25) is 4.90 Å². The van der Waals surface area contributed by atoms with Gasteiger partial charge in [0.25, 0.3) is 0 Å². The van der Waals surface area contributed by atoms with Crippen molar-refractivity contribution in [2.75, 3.05) is 13.1 Å². The highest BCUT2D eigenvalue weighted by molar-refractivity contribution is 7.11. The molecule has 0 bridgehead atoms. The molecule has 0 saturated heterocycles. The molecule has 0 amide bonds. The summed E-state index contributed by atoms with van der Waals surface area (Å²) in [5.41, 5.74) is 8.73. The van der Waals surface area contributed by atoms with Gasteiger partial charge in [-0.05, 0) is 12.1 Å². The van der Waals surface area contributed by atoms with Crippen LogP contribution in [0.3, 0.4) is 0 Å². The van der Waals surface area contributed by atoms with Crippen molar-refractivity contribution in [2.45, 2.75) is 25.9 Å². The second-order valence-electron chi connectivity index (χ2n) is 4.93. The summed E-state index contributed by atoms with van der Waals surface area (Å²) >= 11 is 1.78. The largest absolute Gasteiger partial charge is 0.318 e. The van der Waals surface area contributed by atoms with Crippen LogP contribution >= 0.6 is 11.3 Å². The zero-order chi connectivity index (χ0) is 13.2. The van der Waals surface area contributed by atoms with Gasteiger partial charge in [0, 0.05) is 24.4 Å². The van der Waals surface area contributed by atoms with Gasteiger partial charge >= 0.3 is 0 Å². The molecule has 1 aliphatic rings. The summed E-state index contributed by atoms with van der Waals surface area (Å²) < 4.78 is 0. The van der Waals surface area contributed by atoms with Crippen molar-refractivity contribution in [1.29, 1.82) is 0 Å². The molecule has 1 unspecified atom stereocenters. The third-order valence-electron chi connectivity index (χ3n) is 3.70. The van der Waals surface area contributed by atoms with Gasteiger partial charge < -0.3 is 5.73 Å². The second-order valence-corrected chi connectivity index (χ2v) is 6.04. The van der Waals surface area contributed by atoms with Gasteiger partial charge in [-0.2, -0.15) is 0 Å². The minimum absolute atomic E-state index is 0.0909. The molecule has 2 aromatic rings. The minimum Gasteiger partial charge on any atom is -0.318 e. The van der Waals surface area contributed by atoms with E-state index < -0.39 is 0 Å². The quantitative estimate of drug-likeness (QED) is 0.934. The van der Waals surface area contributed by atoms with Crippen molar-refractivity contribution >= 4 is 11.3 Å². The molecule has 0 fully saturated rings. The summed E-state index contributed by atoms with van der Waals surface area (Å²) in [6, 6.07) is 10.1. The van der Waals surface area contributed by atoms with Crippen LogP contribution in [0.2, 0.25) is 0 Å². The first-order chi connectivity index (χ1) is 9.28. The Kier molecular flexibility index (Phi) is 3.64. The molecule has 3 rings (SSSR count). The van der Waals surface area contributed by atoms with Crippen molar-refractivity contribution in [3.05, 3.63) is 51.5 Å². The third kappa shape index (κ3) is 2.56. The van der Waals surface area contributed by atoms with Crippen LogP contribution in [0.1, 0.15) is 34.1 Å². The number of thiazole rings is 1. The lowest BCUT2D eigenvalue weighted by atomic mass is 10.1. The van der Waals surface area contributed by atoms with E-state index in [1.807, 2.05) is 18.2 Å². The van der Waals surface area contributed by atoms with Gasteiger partial charge in [0.1, 0.15) is 5.01 Å². The van der Waals surface area contributed by atoms with Crippen molar-refractivity contribution in [3.63, 3.8) is 0 Å². The van der Waals surface area contributed by atoms with Crippen LogP contribution in [-0.2, 0) is 13.0 Å². The van der Waals surface area contributed by atoms with Crippen molar-refractivity contribution in [1.82, 2.24) is 9.88 Å². The van der Waals surface area contributed by atoms with E-state index in [1.54, 1.807) is 11.3 Å². The average Bonchev–Trinajstić information content (AvgIpc) is 2.90. The van der Waals surface area contributed by atoms with Crippen molar-refractivity contribution < 1.29 is 0 Å². The summed E-state index contributed by atoms with van der Waals surface area (Å²) in [6.07, 6.45) is 1.06. The number of nitrogens with two attached hydrogens (primary N) is 1. The number of nitrogens with zero attached hydrogens (tertiary/aromatic N) is 2. The van der Waals surface area contributed by atoms with E-state index in [0.717, 1.165) is 36.6 Å². The normalized spacial score (nSPS) is 17.2. The highest BCUT2D eigenvalue weighted by atomic mass is 32.1. The maximum absolute atomic E-state index is 6.33. The Hall–Kier alpha value is -1.23. The predicted octanol–water partition coefficient (Wildman–Crippen LogP) is 2.57. The number of hydrogen-bond donors (Lipinski definition) is 1.